The van der Waals surface area contributed by atoms with Crippen LogP contribution in [0.2, 0.25) is 0 Å². The van der Waals surface area contributed by atoms with Crippen molar-refractivity contribution in [1.29, 1.82) is 0 Å². The molecule has 0 radical (unpaired) electrons. The number of likely N-dealkylation sites (tertiary alicyclic amines) is 1. The van der Waals surface area contributed by atoms with E-state index in [1.165, 1.54) is 16.8 Å². The number of amides is 1. The Morgan fingerprint density at radius 2 is 2.10 bits per heavy atom. The van der Waals surface area contributed by atoms with Crippen molar-refractivity contribution in [3.8, 4) is 0 Å². The predicted octanol–water partition coefficient (Wildman–Crippen LogP) is 1.05. The number of nitrogens with zero attached hydrogens (tertiary/aromatic N) is 4. The Kier molecular flexibility index (Phi) is 4.85. The molecule has 0 bridgehead atoms. The quantitative estimate of drug-likeness (QED) is 0.669. The lowest BCUT2D eigenvalue weighted by molar-refractivity contribution is -0.0459. The van der Waals surface area contributed by atoms with Gasteiger partial charge in [-0.05, 0) is 45.4 Å². The number of aryl methyl sites for hydroxylation is 2. The van der Waals surface area contributed by atoms with Gasteiger partial charge in [0.1, 0.15) is 5.82 Å². The van der Waals surface area contributed by atoms with Crippen LogP contribution in [-0.2, 0) is 6.54 Å². The van der Waals surface area contributed by atoms with Crippen LogP contribution in [0.4, 0.5) is 0 Å². The van der Waals surface area contributed by atoms with Gasteiger partial charge in [-0.25, -0.2) is 9.78 Å². The smallest absolute Gasteiger partial charge is 0.328 e. The monoisotopic (exact) mass is 411 g/mol. The molecule has 0 aliphatic carbocycles. The summed E-state index contributed by atoms with van der Waals surface area (Å²) in [6, 6.07) is 6.02. The summed E-state index contributed by atoms with van der Waals surface area (Å²) in [6.45, 7) is 6.94. The van der Waals surface area contributed by atoms with Crippen LogP contribution in [0.3, 0.4) is 0 Å². The van der Waals surface area contributed by atoms with Gasteiger partial charge in [0.05, 0.1) is 22.7 Å². The number of aliphatic hydroxyl groups is 1. The summed E-state index contributed by atoms with van der Waals surface area (Å²) in [5, 5.41) is 10.9. The number of H-pyrrole nitrogens is 1. The number of fused-ring (bicyclic) bond motifs is 1. The highest BCUT2D eigenvalue weighted by atomic mass is 16.3. The fourth-order valence-corrected chi connectivity index (χ4v) is 4.23. The number of benzene rings is 1. The molecule has 1 saturated heterocycles. The Balaban J connectivity index is 1.65. The fourth-order valence-electron chi connectivity index (χ4n) is 4.23. The zero-order chi connectivity index (χ0) is 21.6. The second kappa shape index (κ2) is 7.24. The van der Waals surface area contributed by atoms with Crippen LogP contribution in [0.1, 0.15) is 42.5 Å². The molecule has 9 nitrogen and oxygen atoms in total. The summed E-state index contributed by atoms with van der Waals surface area (Å²) in [4.78, 5) is 45.2. The molecule has 1 aliphatic rings. The van der Waals surface area contributed by atoms with Crippen LogP contribution in [0.5, 0.6) is 0 Å². The van der Waals surface area contributed by atoms with Gasteiger partial charge < -0.3 is 14.6 Å². The number of aromatic nitrogens is 4. The molecule has 0 spiro atoms. The number of imidazole rings is 1. The SMILES string of the molecule is CCn1c(C)nc2cc(C(=O)N3CC[C@@](C)(O)[C@H](n4ccc(=O)[nH]c4=O)C3)ccc21. The molecule has 1 amide bonds. The molecular weight excluding hydrogens is 386 g/mol. The zero-order valence-corrected chi connectivity index (χ0v) is 17.3. The molecule has 3 heterocycles. The number of nitrogens with one attached hydrogen (secondary N) is 1. The van der Waals surface area contributed by atoms with Crippen molar-refractivity contribution < 1.29 is 9.90 Å². The summed E-state index contributed by atoms with van der Waals surface area (Å²) < 4.78 is 3.37. The molecule has 9 heteroatoms. The van der Waals surface area contributed by atoms with Crippen LogP contribution >= 0.6 is 0 Å². The van der Waals surface area contributed by atoms with Crippen LogP contribution in [0.25, 0.3) is 11.0 Å². The van der Waals surface area contributed by atoms with Gasteiger partial charge in [0.2, 0.25) is 0 Å². The van der Waals surface area contributed by atoms with Gasteiger partial charge in [0.15, 0.2) is 0 Å². The third-order valence-electron chi connectivity index (χ3n) is 5.98. The number of piperidine rings is 1. The molecule has 2 atom stereocenters. The molecular formula is C21H25N5O4. The topological polar surface area (TPSA) is 113 Å². The fraction of sp³-hybridized carbons (Fsp3) is 0.429. The third kappa shape index (κ3) is 3.35. The number of hydrogen-bond acceptors (Lipinski definition) is 5. The van der Waals surface area contributed by atoms with E-state index in [-0.39, 0.29) is 12.5 Å². The van der Waals surface area contributed by atoms with Crippen LogP contribution in [-0.4, -0.2) is 53.7 Å². The maximum absolute atomic E-state index is 13.2. The van der Waals surface area contributed by atoms with Crippen LogP contribution < -0.4 is 11.2 Å². The van der Waals surface area contributed by atoms with Crippen molar-refractivity contribution in [2.24, 2.45) is 0 Å². The highest BCUT2D eigenvalue weighted by Gasteiger charge is 2.41. The molecule has 30 heavy (non-hydrogen) atoms. The van der Waals surface area contributed by atoms with Crippen molar-refractivity contribution >= 4 is 16.9 Å². The first-order valence-corrected chi connectivity index (χ1v) is 10.0. The van der Waals surface area contributed by atoms with Crippen molar-refractivity contribution in [1.82, 2.24) is 24.0 Å². The summed E-state index contributed by atoms with van der Waals surface area (Å²) in [5.41, 5.74) is -0.0561. The van der Waals surface area contributed by atoms with Gasteiger partial charge in [-0.3, -0.25) is 19.1 Å². The molecule has 4 rings (SSSR count). The molecule has 2 N–H and O–H groups in total. The van der Waals surface area contributed by atoms with E-state index in [1.54, 1.807) is 24.0 Å². The Labute approximate surface area is 172 Å². The van der Waals surface area contributed by atoms with Gasteiger partial charge in [0, 0.05) is 37.5 Å². The molecule has 3 aromatic rings. The summed E-state index contributed by atoms with van der Waals surface area (Å²) in [7, 11) is 0. The highest BCUT2D eigenvalue weighted by molar-refractivity contribution is 5.97. The first-order valence-electron chi connectivity index (χ1n) is 10.0. The Morgan fingerprint density at radius 1 is 1.33 bits per heavy atom. The zero-order valence-electron chi connectivity index (χ0n) is 17.3. The van der Waals surface area contributed by atoms with Crippen molar-refractivity contribution in [2.75, 3.05) is 13.1 Å². The largest absolute Gasteiger partial charge is 0.388 e. The normalized spacial score (nSPS) is 21.9. The summed E-state index contributed by atoms with van der Waals surface area (Å²) in [6.07, 6.45) is 1.67. The number of aromatic amines is 1. The average molecular weight is 411 g/mol. The number of carbonyl (C=O) groups excluding carboxylic acids is 1. The molecule has 0 unspecified atom stereocenters. The summed E-state index contributed by atoms with van der Waals surface area (Å²) in [5.74, 6) is 0.710. The number of carbonyl (C=O) groups is 1. The molecule has 1 aromatic carbocycles. The average Bonchev–Trinajstić information content (AvgIpc) is 3.02. The first-order chi connectivity index (χ1) is 14.2. The second-order valence-electron chi connectivity index (χ2n) is 8.00. The maximum Gasteiger partial charge on any atom is 0.328 e. The lowest BCUT2D eigenvalue weighted by Gasteiger charge is -2.43. The van der Waals surface area contributed by atoms with Gasteiger partial charge >= 0.3 is 5.69 Å². The maximum atomic E-state index is 13.2. The Bertz CT molecular complexity index is 1240. The van der Waals surface area contributed by atoms with Gasteiger partial charge in [0.25, 0.3) is 11.5 Å². The van der Waals surface area contributed by atoms with E-state index < -0.39 is 22.9 Å². The van der Waals surface area contributed by atoms with Crippen molar-refractivity contribution in [3.63, 3.8) is 0 Å². The Hall–Kier alpha value is -3.20. The van der Waals surface area contributed by atoms with Crippen molar-refractivity contribution in [2.45, 2.75) is 45.4 Å². The first kappa shape index (κ1) is 20.1. The molecule has 1 aliphatic heterocycles. The van der Waals surface area contributed by atoms with E-state index >= 15 is 0 Å². The number of hydrogen-bond donors (Lipinski definition) is 2. The lowest BCUT2D eigenvalue weighted by Crippen LogP contribution is -2.54. The van der Waals surface area contributed by atoms with E-state index in [0.29, 0.717) is 18.5 Å². The standard InChI is InChI=1S/C21H25N5O4/c1-4-25-13(2)22-15-11-14(5-6-16(15)25)19(28)24-10-8-21(3,30)17(12-24)26-9-7-18(27)23-20(26)29/h5-7,9,11,17,30H,4,8,10,12H2,1-3H3,(H,23,27,29)/t17-,21-/m1/s1. The van der Waals surface area contributed by atoms with Gasteiger partial charge in [-0.2, -0.15) is 0 Å². The van der Waals surface area contributed by atoms with Crippen LogP contribution in [0, 0.1) is 6.92 Å². The van der Waals surface area contributed by atoms with Gasteiger partial charge in [-0.15, -0.1) is 0 Å². The van der Waals surface area contributed by atoms with Crippen LogP contribution in [0.15, 0.2) is 40.1 Å². The molecule has 1 fully saturated rings. The van der Waals surface area contributed by atoms with E-state index in [9.17, 15) is 19.5 Å². The third-order valence-corrected chi connectivity index (χ3v) is 5.98. The summed E-state index contributed by atoms with van der Waals surface area (Å²) >= 11 is 0. The molecule has 2 aromatic heterocycles. The van der Waals surface area contributed by atoms with E-state index in [4.69, 9.17) is 0 Å². The van der Waals surface area contributed by atoms with Gasteiger partial charge in [-0.1, -0.05) is 0 Å². The molecule has 0 saturated carbocycles. The minimum atomic E-state index is -1.19. The minimum Gasteiger partial charge on any atom is -0.388 e. The predicted molar refractivity (Wildman–Crippen MR) is 112 cm³/mol. The second-order valence-corrected chi connectivity index (χ2v) is 8.00. The van der Waals surface area contributed by atoms with Crippen molar-refractivity contribution in [3.05, 3.63) is 62.7 Å². The van der Waals surface area contributed by atoms with E-state index in [2.05, 4.69) is 14.5 Å². The Morgan fingerprint density at radius 3 is 2.80 bits per heavy atom. The molecule has 158 valence electrons. The lowest BCUT2D eigenvalue weighted by atomic mass is 9.87. The number of rotatable bonds is 3. The van der Waals surface area contributed by atoms with E-state index in [0.717, 1.165) is 23.4 Å². The minimum absolute atomic E-state index is 0.151. The van der Waals surface area contributed by atoms with E-state index in [1.807, 2.05) is 19.9 Å². The highest BCUT2D eigenvalue weighted by Crippen LogP contribution is 2.31.